The summed E-state index contributed by atoms with van der Waals surface area (Å²) in [5.41, 5.74) is 3.17. The molecule has 2 aromatic rings. The molecule has 0 bridgehead atoms. The van der Waals surface area contributed by atoms with E-state index in [4.69, 9.17) is 9.47 Å². The van der Waals surface area contributed by atoms with Crippen LogP contribution in [0.3, 0.4) is 0 Å². The predicted octanol–water partition coefficient (Wildman–Crippen LogP) is 3.92. The summed E-state index contributed by atoms with van der Waals surface area (Å²) in [5.74, 6) is -0.178. The zero-order valence-electron chi connectivity index (χ0n) is 15.0. The van der Waals surface area contributed by atoms with Crippen LogP contribution in [0.1, 0.15) is 41.3 Å². The lowest BCUT2D eigenvalue weighted by Crippen LogP contribution is -2.22. The Morgan fingerprint density at radius 2 is 1.80 bits per heavy atom. The summed E-state index contributed by atoms with van der Waals surface area (Å²) >= 11 is 0. The molecule has 25 heavy (non-hydrogen) atoms. The molecule has 0 aliphatic carbocycles. The zero-order valence-corrected chi connectivity index (χ0v) is 15.0. The monoisotopic (exact) mass is 341 g/mol. The SMILES string of the molecule is COC(=O)c1ccccc1OCC(=O)Nc1c(C)cccc1C(C)C. The van der Waals surface area contributed by atoms with Gasteiger partial charge in [-0.05, 0) is 36.1 Å². The molecule has 0 saturated heterocycles. The molecule has 5 heteroatoms. The quantitative estimate of drug-likeness (QED) is 0.809. The molecule has 0 radical (unpaired) electrons. The van der Waals surface area contributed by atoms with Gasteiger partial charge in [0.2, 0.25) is 0 Å². The predicted molar refractivity (Wildman–Crippen MR) is 97.2 cm³/mol. The van der Waals surface area contributed by atoms with Crippen molar-refractivity contribution in [3.8, 4) is 5.75 Å². The molecule has 0 heterocycles. The van der Waals surface area contributed by atoms with E-state index in [0.29, 0.717) is 5.75 Å². The molecule has 0 aliphatic heterocycles. The van der Waals surface area contributed by atoms with Crippen LogP contribution < -0.4 is 10.1 Å². The number of esters is 1. The number of aryl methyl sites for hydroxylation is 1. The Morgan fingerprint density at radius 1 is 1.08 bits per heavy atom. The van der Waals surface area contributed by atoms with Crippen molar-refractivity contribution in [2.75, 3.05) is 19.0 Å². The molecule has 0 aliphatic rings. The van der Waals surface area contributed by atoms with Crippen molar-refractivity contribution >= 4 is 17.6 Å². The van der Waals surface area contributed by atoms with Crippen LogP contribution in [-0.2, 0) is 9.53 Å². The summed E-state index contributed by atoms with van der Waals surface area (Å²) in [6.07, 6.45) is 0. The molecule has 2 rings (SSSR count). The van der Waals surface area contributed by atoms with Crippen molar-refractivity contribution in [3.63, 3.8) is 0 Å². The Kier molecular flexibility index (Phi) is 6.17. The van der Waals surface area contributed by atoms with Crippen LogP contribution in [0.4, 0.5) is 5.69 Å². The Bertz CT molecular complexity index is 768. The topological polar surface area (TPSA) is 64.6 Å². The van der Waals surface area contributed by atoms with Crippen LogP contribution in [-0.4, -0.2) is 25.6 Å². The minimum atomic E-state index is -0.503. The first-order chi connectivity index (χ1) is 11.9. The molecule has 1 amide bonds. The Balaban J connectivity index is 2.09. The number of carbonyl (C=O) groups excluding carboxylic acids is 2. The minimum absolute atomic E-state index is 0.195. The highest BCUT2D eigenvalue weighted by Gasteiger charge is 2.15. The van der Waals surface area contributed by atoms with E-state index >= 15 is 0 Å². The van der Waals surface area contributed by atoms with Crippen LogP contribution in [0.15, 0.2) is 42.5 Å². The van der Waals surface area contributed by atoms with Crippen LogP contribution in [0.25, 0.3) is 0 Å². The van der Waals surface area contributed by atoms with Crippen molar-refractivity contribution in [1.29, 1.82) is 0 Å². The van der Waals surface area contributed by atoms with Crippen LogP contribution in [0.5, 0.6) is 5.75 Å². The van der Waals surface area contributed by atoms with Gasteiger partial charge in [-0.1, -0.05) is 44.2 Å². The number of methoxy groups -OCH3 is 1. The van der Waals surface area contributed by atoms with E-state index in [1.54, 1.807) is 24.3 Å². The number of ether oxygens (including phenoxy) is 2. The van der Waals surface area contributed by atoms with Crippen LogP contribution in [0, 0.1) is 6.92 Å². The number of para-hydroxylation sites is 2. The molecule has 2 aromatic carbocycles. The van der Waals surface area contributed by atoms with E-state index < -0.39 is 5.97 Å². The summed E-state index contributed by atoms with van der Waals surface area (Å²) in [7, 11) is 1.30. The average molecular weight is 341 g/mol. The molecule has 0 atom stereocenters. The van der Waals surface area contributed by atoms with Crippen molar-refractivity contribution < 1.29 is 19.1 Å². The number of nitrogens with one attached hydrogen (secondary N) is 1. The third-order valence-corrected chi connectivity index (χ3v) is 3.84. The molecule has 1 N–H and O–H groups in total. The van der Waals surface area contributed by atoms with Gasteiger partial charge in [0.05, 0.1) is 7.11 Å². The second kappa shape index (κ2) is 8.33. The number of carbonyl (C=O) groups is 2. The van der Waals surface area contributed by atoms with Gasteiger partial charge in [0.25, 0.3) is 5.91 Å². The van der Waals surface area contributed by atoms with Gasteiger partial charge in [-0.2, -0.15) is 0 Å². The molecule has 0 unspecified atom stereocenters. The van der Waals surface area contributed by atoms with Crippen molar-refractivity contribution in [1.82, 2.24) is 0 Å². The number of anilines is 1. The first-order valence-corrected chi connectivity index (χ1v) is 8.13. The van der Waals surface area contributed by atoms with E-state index in [0.717, 1.165) is 16.8 Å². The third kappa shape index (κ3) is 4.59. The molecule has 0 aromatic heterocycles. The summed E-state index contributed by atoms with van der Waals surface area (Å²) in [5, 5.41) is 2.91. The maximum Gasteiger partial charge on any atom is 0.341 e. The molecule has 0 spiro atoms. The number of hydrogen-bond acceptors (Lipinski definition) is 4. The van der Waals surface area contributed by atoms with Gasteiger partial charge >= 0.3 is 5.97 Å². The lowest BCUT2D eigenvalue weighted by atomic mass is 9.98. The highest BCUT2D eigenvalue weighted by Crippen LogP contribution is 2.27. The Hall–Kier alpha value is -2.82. The van der Waals surface area contributed by atoms with E-state index in [2.05, 4.69) is 19.2 Å². The van der Waals surface area contributed by atoms with Crippen LogP contribution in [0.2, 0.25) is 0 Å². The van der Waals surface area contributed by atoms with Gasteiger partial charge in [0.1, 0.15) is 11.3 Å². The first kappa shape index (κ1) is 18.5. The maximum atomic E-state index is 12.3. The van der Waals surface area contributed by atoms with Gasteiger partial charge in [-0.3, -0.25) is 4.79 Å². The highest BCUT2D eigenvalue weighted by atomic mass is 16.5. The van der Waals surface area contributed by atoms with E-state index in [1.165, 1.54) is 7.11 Å². The molecular weight excluding hydrogens is 318 g/mol. The van der Waals surface area contributed by atoms with Gasteiger partial charge in [0, 0.05) is 5.69 Å². The third-order valence-electron chi connectivity index (χ3n) is 3.84. The molecule has 5 nitrogen and oxygen atoms in total. The van der Waals surface area contributed by atoms with Crippen molar-refractivity contribution in [3.05, 3.63) is 59.2 Å². The number of rotatable bonds is 6. The lowest BCUT2D eigenvalue weighted by molar-refractivity contribution is -0.118. The summed E-state index contributed by atoms with van der Waals surface area (Å²) < 4.78 is 10.2. The Labute approximate surface area is 148 Å². The maximum absolute atomic E-state index is 12.3. The molecular formula is C20H23NO4. The standard InChI is InChI=1S/C20H23NO4/c1-13(2)15-10-7-8-14(3)19(15)21-18(22)12-25-17-11-6-5-9-16(17)20(23)24-4/h5-11,13H,12H2,1-4H3,(H,21,22). The Morgan fingerprint density at radius 3 is 2.48 bits per heavy atom. The minimum Gasteiger partial charge on any atom is -0.483 e. The van der Waals surface area contributed by atoms with Gasteiger partial charge in [-0.25, -0.2) is 4.79 Å². The van der Waals surface area contributed by atoms with E-state index in [-0.39, 0.29) is 24.0 Å². The van der Waals surface area contributed by atoms with Crippen LogP contribution >= 0.6 is 0 Å². The first-order valence-electron chi connectivity index (χ1n) is 8.13. The number of hydrogen-bond donors (Lipinski definition) is 1. The molecule has 132 valence electrons. The fraction of sp³-hybridized carbons (Fsp3) is 0.300. The molecule has 0 saturated carbocycles. The zero-order chi connectivity index (χ0) is 18.4. The van der Waals surface area contributed by atoms with Gasteiger partial charge in [0.15, 0.2) is 6.61 Å². The molecule has 0 fully saturated rings. The lowest BCUT2D eigenvalue weighted by Gasteiger charge is -2.17. The second-order valence-corrected chi connectivity index (χ2v) is 6.02. The summed E-state index contributed by atoms with van der Waals surface area (Å²) in [4.78, 5) is 24.0. The fourth-order valence-electron chi connectivity index (χ4n) is 2.53. The number of amides is 1. The normalized spacial score (nSPS) is 10.4. The highest BCUT2D eigenvalue weighted by molar-refractivity contribution is 5.94. The summed E-state index contributed by atoms with van der Waals surface area (Å²) in [6.45, 7) is 5.91. The van der Waals surface area contributed by atoms with E-state index in [1.807, 2.05) is 25.1 Å². The van der Waals surface area contributed by atoms with Crippen molar-refractivity contribution in [2.24, 2.45) is 0 Å². The largest absolute Gasteiger partial charge is 0.483 e. The van der Waals surface area contributed by atoms with Gasteiger partial charge < -0.3 is 14.8 Å². The smallest absolute Gasteiger partial charge is 0.341 e. The second-order valence-electron chi connectivity index (χ2n) is 6.02. The summed E-state index contributed by atoms with van der Waals surface area (Å²) in [6, 6.07) is 12.6. The fourth-order valence-corrected chi connectivity index (χ4v) is 2.53. The average Bonchev–Trinajstić information content (AvgIpc) is 2.61. The van der Waals surface area contributed by atoms with Crippen molar-refractivity contribution in [2.45, 2.75) is 26.7 Å². The van der Waals surface area contributed by atoms with E-state index in [9.17, 15) is 9.59 Å². The van der Waals surface area contributed by atoms with Gasteiger partial charge in [-0.15, -0.1) is 0 Å². The number of benzene rings is 2.